The molecule has 20 heavy (non-hydrogen) atoms. The maximum absolute atomic E-state index is 3.68. The largest absolute Gasteiger partial charge is 0.125 e. The second-order valence-corrected chi connectivity index (χ2v) is 4.76. The quantitative estimate of drug-likeness (QED) is 0.617. The zero-order chi connectivity index (χ0) is 14.5. The molecule has 0 saturated heterocycles. The van der Waals surface area contributed by atoms with Gasteiger partial charge in [-0.05, 0) is 47.2 Å². The van der Waals surface area contributed by atoms with E-state index in [9.17, 15) is 0 Å². The first-order chi connectivity index (χ1) is 9.65. The average Bonchev–Trinajstić information content (AvgIpc) is 2.53. The first kappa shape index (κ1) is 13.9. The van der Waals surface area contributed by atoms with Gasteiger partial charge in [-0.25, -0.2) is 0 Å². The Balaban J connectivity index is 2.33. The standard InChI is InChI=1S/C20H18/c1-5-15(3)17-7-11-19(12-8-17)20-13-9-18(10-14-20)16(4)6-2/h7-14H,1-2H2,3-4H3. The smallest absolute Gasteiger partial charge is 0.00252 e. The highest BCUT2D eigenvalue weighted by Crippen LogP contribution is 2.24. The van der Waals surface area contributed by atoms with Gasteiger partial charge in [0.1, 0.15) is 0 Å². The highest BCUT2D eigenvalue weighted by molar-refractivity contribution is 5.71. The summed E-state index contributed by atoms with van der Waals surface area (Å²) in [6, 6.07) is 16.9. The summed E-state index contributed by atoms with van der Waals surface area (Å²) in [7, 11) is 0. The van der Waals surface area contributed by atoms with Crippen LogP contribution in [0, 0.1) is 0 Å². The third-order valence-corrected chi connectivity index (χ3v) is 3.50. The van der Waals surface area contributed by atoms with E-state index in [4.69, 9.17) is 0 Å². The van der Waals surface area contributed by atoms with Crippen molar-refractivity contribution in [3.05, 3.63) is 84.3 Å². The third kappa shape index (κ3) is 2.90. The van der Waals surface area contributed by atoms with E-state index in [0.29, 0.717) is 0 Å². The van der Waals surface area contributed by atoms with Crippen LogP contribution in [0.1, 0.15) is 25.0 Å². The summed E-state index contributed by atoms with van der Waals surface area (Å²) < 4.78 is 0. The van der Waals surface area contributed by atoms with Gasteiger partial charge in [-0.15, -0.1) is 11.5 Å². The molecule has 0 spiro atoms. The summed E-state index contributed by atoms with van der Waals surface area (Å²) in [5, 5.41) is 0. The van der Waals surface area contributed by atoms with Gasteiger partial charge in [0.2, 0.25) is 0 Å². The van der Waals surface area contributed by atoms with E-state index < -0.39 is 0 Å². The maximum atomic E-state index is 3.68. The summed E-state index contributed by atoms with van der Waals surface area (Å²) >= 11 is 0. The van der Waals surface area contributed by atoms with Gasteiger partial charge in [0.05, 0.1) is 0 Å². The van der Waals surface area contributed by atoms with Crippen LogP contribution in [0.2, 0.25) is 0 Å². The number of benzene rings is 2. The molecule has 0 aliphatic carbocycles. The zero-order valence-electron chi connectivity index (χ0n) is 12.0. The molecule has 0 fully saturated rings. The minimum Gasteiger partial charge on any atom is -0.125 e. The van der Waals surface area contributed by atoms with E-state index in [-0.39, 0.29) is 0 Å². The molecule has 0 unspecified atom stereocenters. The van der Waals surface area contributed by atoms with E-state index in [0.717, 1.165) is 22.3 Å². The lowest BCUT2D eigenvalue weighted by Crippen LogP contribution is -1.83. The van der Waals surface area contributed by atoms with Crippen molar-refractivity contribution in [2.75, 3.05) is 0 Å². The van der Waals surface area contributed by atoms with Crippen molar-refractivity contribution < 1.29 is 0 Å². The Morgan fingerprint density at radius 1 is 0.650 bits per heavy atom. The molecule has 0 heterocycles. The highest BCUT2D eigenvalue weighted by atomic mass is 14.0. The minimum atomic E-state index is 1.07. The maximum Gasteiger partial charge on any atom is -0.00252 e. The number of rotatable bonds is 3. The van der Waals surface area contributed by atoms with Crippen LogP contribution in [0.4, 0.5) is 0 Å². The topological polar surface area (TPSA) is 0 Å². The van der Waals surface area contributed by atoms with Crippen LogP contribution in [0.15, 0.2) is 73.2 Å². The van der Waals surface area contributed by atoms with Gasteiger partial charge >= 0.3 is 0 Å². The van der Waals surface area contributed by atoms with Gasteiger partial charge < -0.3 is 0 Å². The molecule has 0 amide bonds. The van der Waals surface area contributed by atoms with Gasteiger partial charge in [-0.3, -0.25) is 0 Å². The van der Waals surface area contributed by atoms with E-state index in [1.165, 1.54) is 11.1 Å². The summed E-state index contributed by atoms with van der Waals surface area (Å²) in [4.78, 5) is 0. The zero-order valence-corrected chi connectivity index (χ0v) is 12.0. The predicted molar refractivity (Wildman–Crippen MR) is 88.3 cm³/mol. The van der Waals surface area contributed by atoms with Crippen LogP contribution in [0.3, 0.4) is 0 Å². The van der Waals surface area contributed by atoms with Crippen molar-refractivity contribution >= 4 is 11.1 Å². The van der Waals surface area contributed by atoms with Gasteiger partial charge in [-0.2, -0.15) is 0 Å². The lowest BCUT2D eigenvalue weighted by molar-refractivity contribution is 1.53. The molecular formula is C20H18. The van der Waals surface area contributed by atoms with E-state index in [1.807, 2.05) is 13.8 Å². The number of allylic oxidation sites excluding steroid dienone is 2. The Hall–Kier alpha value is -2.52. The summed E-state index contributed by atoms with van der Waals surface area (Å²) in [5.74, 6) is 0. The second kappa shape index (κ2) is 6.08. The van der Waals surface area contributed by atoms with Crippen molar-refractivity contribution in [1.29, 1.82) is 0 Å². The van der Waals surface area contributed by atoms with Crippen molar-refractivity contribution in [1.82, 2.24) is 0 Å². The van der Waals surface area contributed by atoms with Crippen LogP contribution in [0.5, 0.6) is 0 Å². The minimum absolute atomic E-state index is 1.07. The lowest BCUT2D eigenvalue weighted by atomic mass is 9.99. The molecule has 0 aliphatic heterocycles. The molecule has 0 radical (unpaired) electrons. The van der Waals surface area contributed by atoms with Crippen LogP contribution >= 0.6 is 0 Å². The Kier molecular flexibility index (Phi) is 4.23. The van der Waals surface area contributed by atoms with Crippen LogP contribution < -0.4 is 0 Å². The average molecular weight is 258 g/mol. The Morgan fingerprint density at radius 2 is 0.950 bits per heavy atom. The third-order valence-electron chi connectivity index (χ3n) is 3.50. The van der Waals surface area contributed by atoms with E-state index >= 15 is 0 Å². The normalized spacial score (nSPS) is 9.50. The Morgan fingerprint density at radius 3 is 1.20 bits per heavy atom. The number of hydrogen-bond donors (Lipinski definition) is 0. The monoisotopic (exact) mass is 258 g/mol. The van der Waals surface area contributed by atoms with Crippen LogP contribution in [-0.2, 0) is 0 Å². The fourth-order valence-corrected chi connectivity index (χ4v) is 2.03. The van der Waals surface area contributed by atoms with E-state index in [2.05, 4.69) is 73.2 Å². The molecule has 98 valence electrons. The van der Waals surface area contributed by atoms with Crippen molar-refractivity contribution in [3.63, 3.8) is 0 Å². The fraction of sp³-hybridized carbons (Fsp3) is 0.100. The van der Waals surface area contributed by atoms with Crippen LogP contribution in [0.25, 0.3) is 22.3 Å². The van der Waals surface area contributed by atoms with Crippen molar-refractivity contribution in [2.24, 2.45) is 0 Å². The van der Waals surface area contributed by atoms with Crippen molar-refractivity contribution in [3.8, 4) is 11.1 Å². The molecule has 0 heteroatoms. The van der Waals surface area contributed by atoms with Gasteiger partial charge in [0, 0.05) is 0 Å². The fourth-order valence-electron chi connectivity index (χ4n) is 2.03. The molecule has 2 rings (SSSR count). The molecule has 0 aromatic heterocycles. The Labute approximate surface area is 121 Å². The SMILES string of the molecule is C=C=C(C)c1ccc(-c2ccc(C(C)=C=C)cc2)cc1. The lowest BCUT2D eigenvalue weighted by Gasteiger charge is -2.05. The molecular weight excluding hydrogens is 240 g/mol. The highest BCUT2D eigenvalue weighted by Gasteiger charge is 2.00. The van der Waals surface area contributed by atoms with Gasteiger partial charge in [0.25, 0.3) is 0 Å². The molecule has 0 bridgehead atoms. The van der Waals surface area contributed by atoms with Crippen molar-refractivity contribution in [2.45, 2.75) is 13.8 Å². The first-order valence-electron chi connectivity index (χ1n) is 6.60. The molecule has 0 N–H and O–H groups in total. The molecule has 0 saturated carbocycles. The molecule has 2 aromatic rings. The molecule has 0 aliphatic rings. The van der Waals surface area contributed by atoms with E-state index in [1.54, 1.807) is 0 Å². The van der Waals surface area contributed by atoms with Crippen LogP contribution in [-0.4, -0.2) is 0 Å². The predicted octanol–water partition coefficient (Wildman–Crippen LogP) is 5.73. The summed E-state index contributed by atoms with van der Waals surface area (Å²) in [6.07, 6.45) is 0. The summed E-state index contributed by atoms with van der Waals surface area (Å²) in [5.41, 5.74) is 12.7. The molecule has 0 nitrogen and oxygen atoms in total. The summed E-state index contributed by atoms with van der Waals surface area (Å²) in [6.45, 7) is 11.4. The second-order valence-electron chi connectivity index (χ2n) is 4.76. The number of hydrogen-bond acceptors (Lipinski definition) is 0. The van der Waals surface area contributed by atoms with Gasteiger partial charge in [-0.1, -0.05) is 61.7 Å². The van der Waals surface area contributed by atoms with Gasteiger partial charge in [0.15, 0.2) is 0 Å². The Bertz CT molecular complexity index is 634. The molecule has 0 atom stereocenters. The molecule has 2 aromatic carbocycles. The first-order valence-corrected chi connectivity index (χ1v) is 6.60.